The second-order valence-electron chi connectivity index (χ2n) is 7.44. The number of hydrogen-bond donors (Lipinski definition) is 1. The van der Waals surface area contributed by atoms with Crippen LogP contribution in [0.4, 0.5) is 5.69 Å². The molecule has 0 aliphatic carbocycles. The van der Waals surface area contributed by atoms with Gasteiger partial charge >= 0.3 is 0 Å². The number of aromatic nitrogens is 2. The van der Waals surface area contributed by atoms with Gasteiger partial charge in [0.2, 0.25) is 5.91 Å². The number of rotatable bonds is 7. The molecule has 6 heteroatoms. The highest BCUT2D eigenvalue weighted by molar-refractivity contribution is 7.15. The number of amides is 1. The first-order chi connectivity index (χ1) is 14.5. The minimum atomic E-state index is -0.0861. The summed E-state index contributed by atoms with van der Waals surface area (Å²) in [5, 5.41) is 4.97. The summed E-state index contributed by atoms with van der Waals surface area (Å²) in [6, 6.07) is 16.0. The Morgan fingerprint density at radius 2 is 1.93 bits per heavy atom. The largest absolute Gasteiger partial charge is 0.489 e. The van der Waals surface area contributed by atoms with Gasteiger partial charge in [-0.05, 0) is 38.0 Å². The third-order valence-electron chi connectivity index (χ3n) is 4.81. The lowest BCUT2D eigenvalue weighted by Crippen LogP contribution is -2.17. The lowest BCUT2D eigenvalue weighted by molar-refractivity contribution is -0.115. The highest BCUT2D eigenvalue weighted by atomic mass is 32.1. The minimum Gasteiger partial charge on any atom is -0.489 e. The number of nitrogens with one attached hydrogen (secondary N) is 1. The molecular formula is C24H25N3O2S. The van der Waals surface area contributed by atoms with Crippen LogP contribution in [0.3, 0.4) is 0 Å². The van der Waals surface area contributed by atoms with Crippen molar-refractivity contribution in [3.8, 4) is 17.0 Å². The lowest BCUT2D eigenvalue weighted by Gasteiger charge is -2.14. The molecule has 0 unspecified atom stereocenters. The molecule has 2 aromatic carbocycles. The number of nitrogens with zero attached hydrogens (tertiary/aromatic N) is 2. The highest BCUT2D eigenvalue weighted by Crippen LogP contribution is 2.27. The predicted octanol–water partition coefficient (Wildman–Crippen LogP) is 5.59. The van der Waals surface area contributed by atoms with E-state index in [-0.39, 0.29) is 18.4 Å². The zero-order valence-corrected chi connectivity index (χ0v) is 18.2. The van der Waals surface area contributed by atoms with Crippen LogP contribution in [0, 0.1) is 0 Å². The second-order valence-corrected chi connectivity index (χ2v) is 8.28. The van der Waals surface area contributed by atoms with E-state index in [1.165, 1.54) is 5.56 Å². The number of ether oxygens (including phenoxy) is 1. The van der Waals surface area contributed by atoms with Gasteiger partial charge < -0.3 is 10.1 Å². The van der Waals surface area contributed by atoms with Crippen molar-refractivity contribution >= 4 is 27.9 Å². The fourth-order valence-electron chi connectivity index (χ4n) is 3.29. The fourth-order valence-corrected chi connectivity index (χ4v) is 4.17. The Kier molecular flexibility index (Phi) is 5.86. The smallest absolute Gasteiger partial charge is 0.230 e. The molecule has 1 amide bonds. The number of aryl methyl sites for hydroxylation is 1. The van der Waals surface area contributed by atoms with Gasteiger partial charge in [-0.2, -0.15) is 0 Å². The molecule has 0 radical (unpaired) electrons. The predicted molar refractivity (Wildman–Crippen MR) is 122 cm³/mol. The van der Waals surface area contributed by atoms with Crippen LogP contribution in [0.1, 0.15) is 32.0 Å². The normalized spacial score (nSPS) is 11.2. The Balaban J connectivity index is 1.51. The highest BCUT2D eigenvalue weighted by Gasteiger charge is 2.14. The van der Waals surface area contributed by atoms with Gasteiger partial charge in [-0.15, -0.1) is 11.3 Å². The van der Waals surface area contributed by atoms with Crippen molar-refractivity contribution in [2.24, 2.45) is 0 Å². The summed E-state index contributed by atoms with van der Waals surface area (Å²) in [5.41, 5.74) is 4.91. The Bertz CT molecular complexity index is 1160. The van der Waals surface area contributed by atoms with E-state index in [0.717, 1.165) is 28.3 Å². The van der Waals surface area contributed by atoms with Crippen LogP contribution in [-0.2, 0) is 17.6 Å². The molecule has 0 saturated carbocycles. The molecule has 0 spiro atoms. The van der Waals surface area contributed by atoms with E-state index < -0.39 is 0 Å². The van der Waals surface area contributed by atoms with Crippen molar-refractivity contribution < 1.29 is 9.53 Å². The first-order valence-electron chi connectivity index (χ1n) is 10.1. The summed E-state index contributed by atoms with van der Waals surface area (Å²) in [4.78, 5) is 18.3. The topological polar surface area (TPSA) is 55.6 Å². The van der Waals surface area contributed by atoms with Crippen LogP contribution >= 0.6 is 11.3 Å². The fraction of sp³-hybridized carbons (Fsp3) is 0.250. The lowest BCUT2D eigenvalue weighted by atomic mass is 10.1. The van der Waals surface area contributed by atoms with Crippen molar-refractivity contribution in [3.05, 3.63) is 71.4 Å². The van der Waals surface area contributed by atoms with Crippen molar-refractivity contribution in [3.63, 3.8) is 0 Å². The van der Waals surface area contributed by atoms with Crippen molar-refractivity contribution in [2.75, 3.05) is 5.32 Å². The number of benzene rings is 2. The van der Waals surface area contributed by atoms with E-state index in [1.54, 1.807) is 11.3 Å². The van der Waals surface area contributed by atoms with Crippen LogP contribution in [0.2, 0.25) is 0 Å². The van der Waals surface area contributed by atoms with Gasteiger partial charge in [0.05, 0.1) is 23.9 Å². The van der Waals surface area contributed by atoms with Crippen LogP contribution < -0.4 is 10.1 Å². The van der Waals surface area contributed by atoms with E-state index in [4.69, 9.17) is 9.72 Å². The number of fused-ring (bicyclic) bond motifs is 1. The number of para-hydroxylation sites is 2. The average Bonchev–Trinajstić information content (AvgIpc) is 3.31. The van der Waals surface area contributed by atoms with E-state index in [9.17, 15) is 4.79 Å². The molecule has 2 aromatic heterocycles. The Hall–Kier alpha value is -3.12. The van der Waals surface area contributed by atoms with Crippen LogP contribution in [-0.4, -0.2) is 21.4 Å². The van der Waals surface area contributed by atoms with Gasteiger partial charge in [-0.1, -0.05) is 43.3 Å². The third-order valence-corrected chi connectivity index (χ3v) is 5.70. The van der Waals surface area contributed by atoms with E-state index in [2.05, 4.69) is 36.5 Å². The zero-order valence-electron chi connectivity index (χ0n) is 17.4. The average molecular weight is 420 g/mol. The quantitative estimate of drug-likeness (QED) is 0.425. The Labute approximate surface area is 180 Å². The van der Waals surface area contributed by atoms with Gasteiger partial charge in [-0.25, -0.2) is 4.98 Å². The molecule has 1 N–H and O–H groups in total. The summed E-state index contributed by atoms with van der Waals surface area (Å²) in [6.07, 6.45) is 3.32. The minimum absolute atomic E-state index is 0.0373. The van der Waals surface area contributed by atoms with Gasteiger partial charge in [0.15, 0.2) is 4.96 Å². The molecule has 0 aliphatic rings. The van der Waals surface area contributed by atoms with Crippen LogP contribution in [0.15, 0.2) is 60.1 Å². The zero-order chi connectivity index (χ0) is 21.1. The molecule has 30 heavy (non-hydrogen) atoms. The maximum Gasteiger partial charge on any atom is 0.230 e. The van der Waals surface area contributed by atoms with Gasteiger partial charge in [0, 0.05) is 22.8 Å². The molecule has 0 saturated heterocycles. The Morgan fingerprint density at radius 3 is 2.67 bits per heavy atom. The number of anilines is 1. The maximum absolute atomic E-state index is 12.7. The van der Waals surface area contributed by atoms with Gasteiger partial charge in [0.1, 0.15) is 5.75 Å². The monoisotopic (exact) mass is 419 g/mol. The summed E-state index contributed by atoms with van der Waals surface area (Å²) in [7, 11) is 0. The summed E-state index contributed by atoms with van der Waals surface area (Å²) >= 11 is 1.54. The number of thiazole rings is 1. The van der Waals surface area contributed by atoms with Crippen molar-refractivity contribution in [2.45, 2.75) is 39.7 Å². The van der Waals surface area contributed by atoms with Gasteiger partial charge in [0.25, 0.3) is 0 Å². The number of carbonyl (C=O) groups is 1. The third kappa shape index (κ3) is 4.39. The Morgan fingerprint density at radius 1 is 1.17 bits per heavy atom. The first kappa shape index (κ1) is 20.2. The van der Waals surface area contributed by atoms with E-state index >= 15 is 0 Å². The summed E-state index contributed by atoms with van der Waals surface area (Å²) in [6.45, 7) is 6.08. The SMILES string of the molecule is CCc1ccc(-c2cn3c(CC(=O)Nc4ccccc4OC(C)C)csc3n2)cc1. The molecule has 4 rings (SSSR count). The molecule has 0 bridgehead atoms. The molecule has 5 nitrogen and oxygen atoms in total. The number of imidazole rings is 1. The summed E-state index contributed by atoms with van der Waals surface area (Å²) < 4.78 is 7.80. The van der Waals surface area contributed by atoms with E-state index in [0.29, 0.717) is 11.4 Å². The standard InChI is InChI=1S/C24H25N3O2S/c1-4-17-9-11-18(12-10-17)21-14-27-19(15-30-24(27)26-21)13-23(28)25-20-7-5-6-8-22(20)29-16(2)3/h5-12,14-16H,4,13H2,1-3H3,(H,25,28). The molecule has 0 aliphatic heterocycles. The number of carbonyl (C=O) groups excluding carboxylic acids is 1. The molecule has 0 atom stereocenters. The molecular weight excluding hydrogens is 394 g/mol. The van der Waals surface area contributed by atoms with Crippen LogP contribution in [0.5, 0.6) is 5.75 Å². The number of hydrogen-bond acceptors (Lipinski definition) is 4. The van der Waals surface area contributed by atoms with E-state index in [1.807, 2.05) is 54.1 Å². The molecule has 2 heterocycles. The summed E-state index contributed by atoms with van der Waals surface area (Å²) in [5.74, 6) is 0.591. The maximum atomic E-state index is 12.7. The molecule has 0 fully saturated rings. The van der Waals surface area contributed by atoms with Crippen molar-refractivity contribution in [1.82, 2.24) is 9.38 Å². The van der Waals surface area contributed by atoms with Gasteiger partial charge in [-0.3, -0.25) is 9.20 Å². The van der Waals surface area contributed by atoms with Crippen molar-refractivity contribution in [1.29, 1.82) is 0 Å². The second kappa shape index (κ2) is 8.71. The molecule has 4 aromatic rings. The molecule has 154 valence electrons. The first-order valence-corrected chi connectivity index (χ1v) is 11.0. The van der Waals surface area contributed by atoms with Crippen LogP contribution in [0.25, 0.3) is 16.2 Å².